The number of pyridine rings is 1. The number of hydrogen-bond acceptors (Lipinski definition) is 6. The number of amides is 1. The summed E-state index contributed by atoms with van der Waals surface area (Å²) in [6, 6.07) is 12.4. The quantitative estimate of drug-likeness (QED) is 0.540. The molecule has 0 atom stereocenters. The molecule has 184 valence electrons. The minimum atomic E-state index is -3.59. The SMILES string of the molecule is O=C(NCc1cc(-c2ccncc2)n(C2CCCC2)n1)c1ccc(S(=O)(=O)N2CCOCC2)cc1. The lowest BCUT2D eigenvalue weighted by Crippen LogP contribution is -2.40. The third-order valence-electron chi connectivity index (χ3n) is 6.59. The first-order valence-corrected chi connectivity index (χ1v) is 13.4. The lowest BCUT2D eigenvalue weighted by Gasteiger charge is -2.26. The van der Waals surface area contributed by atoms with E-state index in [4.69, 9.17) is 9.84 Å². The van der Waals surface area contributed by atoms with E-state index in [2.05, 4.69) is 15.0 Å². The normalized spacial score (nSPS) is 17.5. The van der Waals surface area contributed by atoms with Gasteiger partial charge < -0.3 is 10.1 Å². The second-order valence-corrected chi connectivity index (χ2v) is 10.8. The van der Waals surface area contributed by atoms with Gasteiger partial charge >= 0.3 is 0 Å². The molecule has 10 heteroatoms. The van der Waals surface area contributed by atoms with Crippen molar-refractivity contribution in [3.05, 3.63) is 66.1 Å². The Kier molecular flexibility index (Phi) is 6.94. The minimum Gasteiger partial charge on any atom is -0.379 e. The van der Waals surface area contributed by atoms with Gasteiger partial charge in [0, 0.05) is 36.6 Å². The van der Waals surface area contributed by atoms with Gasteiger partial charge in [0.25, 0.3) is 5.91 Å². The maximum Gasteiger partial charge on any atom is 0.251 e. The van der Waals surface area contributed by atoms with Crippen LogP contribution < -0.4 is 5.32 Å². The van der Waals surface area contributed by atoms with Gasteiger partial charge in [-0.05, 0) is 55.3 Å². The number of hydrogen-bond donors (Lipinski definition) is 1. The highest BCUT2D eigenvalue weighted by atomic mass is 32.2. The van der Waals surface area contributed by atoms with Crippen molar-refractivity contribution in [3.63, 3.8) is 0 Å². The van der Waals surface area contributed by atoms with Gasteiger partial charge in [-0.25, -0.2) is 8.42 Å². The average Bonchev–Trinajstić information content (AvgIpc) is 3.59. The Bertz CT molecular complexity index is 1260. The van der Waals surface area contributed by atoms with Crippen molar-refractivity contribution in [2.75, 3.05) is 26.3 Å². The highest BCUT2D eigenvalue weighted by molar-refractivity contribution is 7.89. The van der Waals surface area contributed by atoms with Gasteiger partial charge in [-0.2, -0.15) is 9.40 Å². The number of benzene rings is 1. The van der Waals surface area contributed by atoms with Gasteiger partial charge in [-0.3, -0.25) is 14.5 Å². The standard InChI is InChI=1S/C25H29N5O4S/c31-25(20-5-7-23(8-6-20)35(32,33)29-13-15-34-16-14-29)27-18-21-17-24(19-9-11-26-12-10-19)30(28-21)22-3-1-2-4-22/h5-12,17,22H,1-4,13-16,18H2,(H,27,31). The summed E-state index contributed by atoms with van der Waals surface area (Å²) in [5.41, 5.74) is 3.26. The Hall–Kier alpha value is -3.08. The van der Waals surface area contributed by atoms with Crippen molar-refractivity contribution in [2.24, 2.45) is 0 Å². The van der Waals surface area contributed by atoms with Crippen LogP contribution in [0.4, 0.5) is 0 Å². The van der Waals surface area contributed by atoms with Crippen LogP contribution in [0, 0.1) is 0 Å². The van der Waals surface area contributed by atoms with E-state index in [1.165, 1.54) is 29.3 Å². The number of rotatable bonds is 7. The van der Waals surface area contributed by atoms with E-state index in [0.717, 1.165) is 29.8 Å². The number of ether oxygens (including phenoxy) is 1. The molecule has 5 rings (SSSR count). The first-order chi connectivity index (χ1) is 17.0. The van der Waals surface area contributed by atoms with E-state index >= 15 is 0 Å². The van der Waals surface area contributed by atoms with E-state index in [9.17, 15) is 13.2 Å². The molecule has 1 N–H and O–H groups in total. The first-order valence-electron chi connectivity index (χ1n) is 12.0. The van der Waals surface area contributed by atoms with Gasteiger partial charge in [0.15, 0.2) is 0 Å². The smallest absolute Gasteiger partial charge is 0.251 e. The Morgan fingerprint density at radius 3 is 2.40 bits per heavy atom. The zero-order chi connectivity index (χ0) is 24.3. The second-order valence-electron chi connectivity index (χ2n) is 8.86. The molecule has 0 unspecified atom stereocenters. The topological polar surface area (TPSA) is 106 Å². The number of sulfonamides is 1. The van der Waals surface area contributed by atoms with Crippen LogP contribution in [0.5, 0.6) is 0 Å². The van der Waals surface area contributed by atoms with Crippen LogP contribution in [0.1, 0.15) is 47.8 Å². The molecule has 2 fully saturated rings. The summed E-state index contributed by atoms with van der Waals surface area (Å²) < 4.78 is 34.3. The van der Waals surface area contributed by atoms with E-state index < -0.39 is 10.0 Å². The predicted octanol–water partition coefficient (Wildman–Crippen LogP) is 3.01. The van der Waals surface area contributed by atoms with Crippen molar-refractivity contribution in [1.29, 1.82) is 0 Å². The van der Waals surface area contributed by atoms with Gasteiger partial charge in [0.05, 0.1) is 42.1 Å². The monoisotopic (exact) mass is 495 g/mol. The molecule has 1 aromatic carbocycles. The zero-order valence-electron chi connectivity index (χ0n) is 19.5. The summed E-state index contributed by atoms with van der Waals surface area (Å²) in [6.45, 7) is 1.72. The fourth-order valence-electron chi connectivity index (χ4n) is 4.68. The third kappa shape index (κ3) is 5.14. The third-order valence-corrected chi connectivity index (χ3v) is 8.50. The van der Waals surface area contributed by atoms with E-state index in [1.807, 2.05) is 18.2 Å². The summed E-state index contributed by atoms with van der Waals surface area (Å²) >= 11 is 0. The zero-order valence-corrected chi connectivity index (χ0v) is 20.3. The molecule has 3 aromatic rings. The Balaban J connectivity index is 1.28. The van der Waals surface area contributed by atoms with Crippen molar-refractivity contribution < 1.29 is 17.9 Å². The molecule has 0 radical (unpaired) electrons. The lowest BCUT2D eigenvalue weighted by atomic mass is 10.1. The van der Waals surface area contributed by atoms with E-state index in [1.54, 1.807) is 24.5 Å². The molecule has 1 aliphatic carbocycles. The molecule has 1 amide bonds. The van der Waals surface area contributed by atoms with Crippen LogP contribution in [0.2, 0.25) is 0 Å². The highest BCUT2D eigenvalue weighted by Crippen LogP contribution is 2.33. The summed E-state index contributed by atoms with van der Waals surface area (Å²) in [5.74, 6) is -0.277. The number of morpholine rings is 1. The molecule has 35 heavy (non-hydrogen) atoms. The summed E-state index contributed by atoms with van der Waals surface area (Å²) in [6.07, 6.45) is 8.14. The van der Waals surface area contributed by atoms with Crippen LogP contribution in [-0.2, 0) is 21.3 Å². The Labute approximate surface area is 205 Å². The number of carbonyl (C=O) groups is 1. The fourth-order valence-corrected chi connectivity index (χ4v) is 6.09. The molecular weight excluding hydrogens is 466 g/mol. The minimum absolute atomic E-state index is 0.174. The summed E-state index contributed by atoms with van der Waals surface area (Å²) in [4.78, 5) is 17.1. The second kappa shape index (κ2) is 10.3. The van der Waals surface area contributed by atoms with Gasteiger partial charge in [-0.15, -0.1) is 0 Å². The molecule has 1 saturated carbocycles. The van der Waals surface area contributed by atoms with Crippen LogP contribution in [0.15, 0.2) is 59.8 Å². The van der Waals surface area contributed by atoms with Gasteiger partial charge in [0.2, 0.25) is 10.0 Å². The molecule has 9 nitrogen and oxygen atoms in total. The highest BCUT2D eigenvalue weighted by Gasteiger charge is 2.26. The number of carbonyl (C=O) groups excluding carboxylic acids is 1. The Morgan fingerprint density at radius 1 is 1.03 bits per heavy atom. The van der Waals surface area contributed by atoms with Crippen molar-refractivity contribution in [2.45, 2.75) is 43.2 Å². The van der Waals surface area contributed by atoms with Crippen LogP contribution >= 0.6 is 0 Å². The molecule has 1 aliphatic heterocycles. The predicted molar refractivity (Wildman–Crippen MR) is 130 cm³/mol. The van der Waals surface area contributed by atoms with Gasteiger partial charge in [-0.1, -0.05) is 12.8 Å². The summed E-state index contributed by atoms with van der Waals surface area (Å²) in [5, 5.41) is 7.73. The Morgan fingerprint density at radius 2 is 1.71 bits per heavy atom. The molecular formula is C25H29N5O4S. The largest absolute Gasteiger partial charge is 0.379 e. The van der Waals surface area contributed by atoms with Crippen molar-refractivity contribution in [3.8, 4) is 11.3 Å². The fraction of sp³-hybridized carbons (Fsp3) is 0.400. The van der Waals surface area contributed by atoms with Crippen LogP contribution in [0.25, 0.3) is 11.3 Å². The van der Waals surface area contributed by atoms with Crippen LogP contribution in [0.3, 0.4) is 0 Å². The average molecular weight is 496 g/mol. The van der Waals surface area contributed by atoms with Crippen LogP contribution in [-0.4, -0.2) is 59.7 Å². The molecule has 0 bridgehead atoms. The van der Waals surface area contributed by atoms with Gasteiger partial charge in [0.1, 0.15) is 0 Å². The molecule has 2 aromatic heterocycles. The maximum absolute atomic E-state index is 12.8. The number of nitrogens with zero attached hydrogens (tertiary/aromatic N) is 4. The van der Waals surface area contributed by atoms with E-state index in [-0.39, 0.29) is 17.3 Å². The van der Waals surface area contributed by atoms with E-state index in [0.29, 0.717) is 37.9 Å². The molecule has 2 aliphatic rings. The lowest BCUT2D eigenvalue weighted by molar-refractivity contribution is 0.0730. The number of nitrogens with one attached hydrogen (secondary N) is 1. The molecule has 1 saturated heterocycles. The van der Waals surface area contributed by atoms with Crippen molar-refractivity contribution in [1.82, 2.24) is 24.4 Å². The molecule has 0 spiro atoms. The number of aromatic nitrogens is 3. The van der Waals surface area contributed by atoms with Crippen molar-refractivity contribution >= 4 is 15.9 Å². The summed E-state index contributed by atoms with van der Waals surface area (Å²) in [7, 11) is -3.59. The first kappa shape index (κ1) is 23.7. The molecule has 3 heterocycles. The maximum atomic E-state index is 12.8.